The van der Waals surface area contributed by atoms with Crippen LogP contribution in [0.5, 0.6) is 17.2 Å². The van der Waals surface area contributed by atoms with Gasteiger partial charge in [-0.3, -0.25) is 19.4 Å². The van der Waals surface area contributed by atoms with E-state index in [1.807, 2.05) is 0 Å². The summed E-state index contributed by atoms with van der Waals surface area (Å²) in [4.78, 5) is 55.7. The fourth-order valence-electron chi connectivity index (χ4n) is 5.41. The van der Waals surface area contributed by atoms with E-state index in [1.165, 1.54) is 81.1 Å². The SMILES string of the molecule is CCCCCCCOc1ccc(C(=O)Oc2ccc(CN(CC(=O)O)C(=O)c3ccc(C(=O)CCc4ccc(OC)cc4C(F)(F)F)cc3)nc2)cc1. The second-order valence-corrected chi connectivity index (χ2v) is 12.2. The molecule has 0 radical (unpaired) electrons. The maximum absolute atomic E-state index is 13.6. The van der Waals surface area contributed by atoms with Crippen molar-refractivity contribution in [2.45, 2.75) is 64.6 Å². The second kappa shape index (κ2) is 19.2. The van der Waals surface area contributed by atoms with E-state index in [1.54, 1.807) is 24.3 Å². The summed E-state index contributed by atoms with van der Waals surface area (Å²) in [6.07, 6.45) is 1.90. The molecule has 0 unspecified atom stereocenters. The second-order valence-electron chi connectivity index (χ2n) is 12.2. The highest BCUT2D eigenvalue weighted by Gasteiger charge is 2.34. The number of rotatable bonds is 19. The number of aliphatic carboxylic acids is 1. The Morgan fingerprint density at radius 3 is 2.06 bits per heavy atom. The van der Waals surface area contributed by atoms with E-state index >= 15 is 0 Å². The highest BCUT2D eigenvalue weighted by atomic mass is 19.4. The number of methoxy groups -OCH3 is 1. The fraction of sp³-hybridized carbons (Fsp3) is 0.325. The number of amides is 1. The Morgan fingerprint density at radius 2 is 1.43 bits per heavy atom. The molecule has 1 amide bonds. The molecule has 1 N–H and O–H groups in total. The number of aryl methyl sites for hydroxylation is 1. The zero-order valence-corrected chi connectivity index (χ0v) is 29.5. The lowest BCUT2D eigenvalue weighted by molar-refractivity contribution is -0.139. The Kier molecular flexibility index (Phi) is 14.5. The van der Waals surface area contributed by atoms with Crippen molar-refractivity contribution < 1.29 is 51.7 Å². The molecule has 3 aromatic carbocycles. The molecule has 1 aromatic heterocycles. The number of pyridine rings is 1. The van der Waals surface area contributed by atoms with Crippen molar-refractivity contribution >= 4 is 23.6 Å². The molecule has 0 aliphatic rings. The van der Waals surface area contributed by atoms with Crippen LogP contribution in [-0.4, -0.2) is 58.9 Å². The number of halogens is 3. The Balaban J connectivity index is 1.32. The van der Waals surface area contributed by atoms with Crippen LogP contribution in [0.3, 0.4) is 0 Å². The molecule has 0 atom stereocenters. The molecule has 1 heterocycles. The van der Waals surface area contributed by atoms with Crippen LogP contribution in [-0.2, 0) is 23.9 Å². The number of carbonyl (C=O) groups is 4. The minimum Gasteiger partial charge on any atom is -0.497 e. The lowest BCUT2D eigenvalue weighted by atomic mass is 9.98. The van der Waals surface area contributed by atoms with Gasteiger partial charge in [0.2, 0.25) is 0 Å². The number of benzene rings is 3. The molecule has 4 aromatic rings. The normalized spacial score (nSPS) is 11.1. The molecule has 4 rings (SSSR count). The highest BCUT2D eigenvalue weighted by Crippen LogP contribution is 2.35. The topological polar surface area (TPSA) is 132 Å². The Hall–Kier alpha value is -5.72. The highest BCUT2D eigenvalue weighted by molar-refractivity contribution is 5.99. The van der Waals surface area contributed by atoms with Gasteiger partial charge in [-0.05, 0) is 79.1 Å². The Labute approximate surface area is 305 Å². The van der Waals surface area contributed by atoms with Gasteiger partial charge >= 0.3 is 18.1 Å². The number of nitrogens with zero attached hydrogens (tertiary/aromatic N) is 2. The minimum atomic E-state index is -4.63. The number of aromatic nitrogens is 1. The third-order valence-corrected chi connectivity index (χ3v) is 8.28. The van der Waals surface area contributed by atoms with E-state index in [2.05, 4.69) is 11.9 Å². The molecule has 0 spiro atoms. The minimum absolute atomic E-state index is 0.0465. The molecule has 10 nitrogen and oxygen atoms in total. The number of Topliss-reactive ketones (excluding diaryl/α,β-unsaturated/α-hetero) is 1. The van der Waals surface area contributed by atoms with Crippen LogP contribution >= 0.6 is 0 Å². The maximum atomic E-state index is 13.6. The largest absolute Gasteiger partial charge is 0.497 e. The molecular weight excluding hydrogens is 693 g/mol. The molecule has 0 aliphatic carbocycles. The van der Waals surface area contributed by atoms with Gasteiger partial charge in [0.05, 0.1) is 43.3 Å². The van der Waals surface area contributed by atoms with E-state index in [-0.39, 0.29) is 47.6 Å². The lowest BCUT2D eigenvalue weighted by Crippen LogP contribution is -2.35. The summed E-state index contributed by atoms with van der Waals surface area (Å²) in [5.41, 5.74) is -0.0439. The first-order chi connectivity index (χ1) is 25.4. The van der Waals surface area contributed by atoms with Gasteiger partial charge < -0.3 is 24.2 Å². The predicted octanol–water partition coefficient (Wildman–Crippen LogP) is 8.22. The van der Waals surface area contributed by atoms with Gasteiger partial charge in [0, 0.05) is 17.5 Å². The van der Waals surface area contributed by atoms with Gasteiger partial charge in [-0.2, -0.15) is 13.2 Å². The number of ether oxygens (including phenoxy) is 3. The molecule has 0 aliphatic heterocycles. The van der Waals surface area contributed by atoms with Crippen molar-refractivity contribution in [3.63, 3.8) is 0 Å². The summed E-state index contributed by atoms with van der Waals surface area (Å²) >= 11 is 0. The third-order valence-electron chi connectivity index (χ3n) is 8.28. The summed E-state index contributed by atoms with van der Waals surface area (Å²) in [6, 6.07) is 18.6. The lowest BCUT2D eigenvalue weighted by Gasteiger charge is -2.20. The van der Waals surface area contributed by atoms with Gasteiger partial charge in [-0.1, -0.05) is 50.8 Å². The summed E-state index contributed by atoms with van der Waals surface area (Å²) < 4.78 is 56.7. The number of ketones is 1. The average Bonchev–Trinajstić information content (AvgIpc) is 3.15. The van der Waals surface area contributed by atoms with Gasteiger partial charge in [-0.25, -0.2) is 4.79 Å². The van der Waals surface area contributed by atoms with E-state index in [0.717, 1.165) is 23.8 Å². The van der Waals surface area contributed by atoms with Crippen LogP contribution in [0.1, 0.15) is 93.3 Å². The zero-order valence-electron chi connectivity index (χ0n) is 29.5. The summed E-state index contributed by atoms with van der Waals surface area (Å²) in [5.74, 6) is -2.12. The zero-order chi connectivity index (χ0) is 38.4. The standard InChI is InChI=1S/C40H41F3N2O8/c1-3-4-5-6-7-22-52-32-17-13-30(14-18-32)39(50)53-34-20-16-31(44-24-34)25-45(26-37(47)48)38(49)29-10-8-28(9-11-29)36(46)21-15-27-12-19-33(51-2)23-35(27)40(41,42)43/h8-14,16-20,23-24H,3-7,15,21-22,25-26H2,1-2H3,(H,47,48). The van der Waals surface area contributed by atoms with Crippen molar-refractivity contribution in [1.82, 2.24) is 9.88 Å². The van der Waals surface area contributed by atoms with Gasteiger partial charge in [0.25, 0.3) is 5.91 Å². The summed E-state index contributed by atoms with van der Waals surface area (Å²) in [6.45, 7) is 1.92. The van der Waals surface area contributed by atoms with Crippen molar-refractivity contribution in [2.75, 3.05) is 20.3 Å². The van der Waals surface area contributed by atoms with Gasteiger partial charge in [0.1, 0.15) is 23.8 Å². The Morgan fingerprint density at radius 1 is 0.792 bits per heavy atom. The monoisotopic (exact) mass is 734 g/mol. The van der Waals surface area contributed by atoms with Gasteiger partial charge in [0.15, 0.2) is 5.78 Å². The van der Waals surface area contributed by atoms with E-state index in [9.17, 15) is 37.5 Å². The maximum Gasteiger partial charge on any atom is 0.416 e. The number of hydrogen-bond donors (Lipinski definition) is 1. The molecule has 0 saturated heterocycles. The van der Waals surface area contributed by atoms with E-state index in [0.29, 0.717) is 23.6 Å². The molecule has 0 fully saturated rings. The molecule has 13 heteroatoms. The van der Waals surface area contributed by atoms with Crippen molar-refractivity contribution in [3.8, 4) is 17.2 Å². The van der Waals surface area contributed by atoms with Crippen LogP contribution < -0.4 is 14.2 Å². The van der Waals surface area contributed by atoms with Crippen LogP contribution in [0.4, 0.5) is 13.2 Å². The van der Waals surface area contributed by atoms with Crippen LogP contribution in [0.15, 0.2) is 85.1 Å². The first kappa shape index (κ1) is 40.1. The predicted molar refractivity (Wildman–Crippen MR) is 189 cm³/mol. The van der Waals surface area contributed by atoms with E-state index in [4.69, 9.17) is 14.2 Å². The molecule has 0 saturated carbocycles. The number of carbonyl (C=O) groups excluding carboxylic acids is 3. The van der Waals surface area contributed by atoms with Crippen molar-refractivity contribution in [2.24, 2.45) is 0 Å². The van der Waals surface area contributed by atoms with Crippen LogP contribution in [0, 0.1) is 0 Å². The summed E-state index contributed by atoms with van der Waals surface area (Å²) in [7, 11) is 1.26. The first-order valence-corrected chi connectivity index (χ1v) is 17.2. The number of unbranched alkanes of at least 4 members (excludes halogenated alkanes) is 4. The number of carboxylic acid groups (broad SMARTS) is 1. The van der Waals surface area contributed by atoms with Crippen LogP contribution in [0.25, 0.3) is 0 Å². The quantitative estimate of drug-likeness (QED) is 0.0575. The molecular formula is C40H41F3N2O8. The first-order valence-electron chi connectivity index (χ1n) is 17.2. The van der Waals surface area contributed by atoms with Crippen molar-refractivity contribution in [3.05, 3.63) is 119 Å². The smallest absolute Gasteiger partial charge is 0.416 e. The molecule has 280 valence electrons. The molecule has 0 bridgehead atoms. The third kappa shape index (κ3) is 12.2. The summed E-state index contributed by atoms with van der Waals surface area (Å²) in [5, 5.41) is 9.48. The number of esters is 1. The van der Waals surface area contributed by atoms with Crippen molar-refractivity contribution in [1.29, 1.82) is 0 Å². The average molecular weight is 735 g/mol. The fourth-order valence-corrected chi connectivity index (χ4v) is 5.41. The van der Waals surface area contributed by atoms with E-state index < -0.39 is 41.9 Å². The number of hydrogen-bond acceptors (Lipinski definition) is 8. The molecule has 53 heavy (non-hydrogen) atoms. The number of carboxylic acids is 1. The van der Waals surface area contributed by atoms with Crippen LogP contribution in [0.2, 0.25) is 0 Å². The number of alkyl halides is 3. The Bertz CT molecular complexity index is 1840. The van der Waals surface area contributed by atoms with Gasteiger partial charge in [-0.15, -0.1) is 0 Å².